The SMILES string of the molecule is CCN(CCOC)c1c(C=CC(=O)O)c(C)nn1C. The van der Waals surface area contributed by atoms with E-state index in [-0.39, 0.29) is 0 Å². The molecule has 1 heterocycles. The van der Waals surface area contributed by atoms with Gasteiger partial charge in [0.1, 0.15) is 5.82 Å². The van der Waals surface area contributed by atoms with Crippen LogP contribution in [0.25, 0.3) is 6.08 Å². The molecular weight excluding hydrogens is 246 g/mol. The van der Waals surface area contributed by atoms with E-state index in [1.807, 2.05) is 20.9 Å². The number of methoxy groups -OCH3 is 1. The average Bonchev–Trinajstić information content (AvgIpc) is 2.63. The number of carboxylic acids is 1. The minimum Gasteiger partial charge on any atom is -0.478 e. The molecule has 0 unspecified atom stereocenters. The molecule has 1 rings (SSSR count). The number of carboxylic acid groups (broad SMARTS) is 1. The normalized spacial score (nSPS) is 11.2. The van der Waals surface area contributed by atoms with Crippen LogP contribution < -0.4 is 4.90 Å². The monoisotopic (exact) mass is 267 g/mol. The van der Waals surface area contributed by atoms with Gasteiger partial charge >= 0.3 is 5.97 Å². The van der Waals surface area contributed by atoms with Crippen LogP contribution >= 0.6 is 0 Å². The first-order valence-corrected chi connectivity index (χ1v) is 6.19. The van der Waals surface area contributed by atoms with Crippen LogP contribution in [0.3, 0.4) is 0 Å². The van der Waals surface area contributed by atoms with E-state index < -0.39 is 5.97 Å². The van der Waals surface area contributed by atoms with Gasteiger partial charge in [0.25, 0.3) is 0 Å². The topological polar surface area (TPSA) is 67.6 Å². The van der Waals surface area contributed by atoms with Crippen LogP contribution in [-0.4, -0.2) is 47.7 Å². The molecule has 106 valence electrons. The van der Waals surface area contributed by atoms with Gasteiger partial charge in [0.2, 0.25) is 0 Å². The number of aryl methyl sites for hydroxylation is 2. The summed E-state index contributed by atoms with van der Waals surface area (Å²) in [4.78, 5) is 12.8. The molecular formula is C13H21N3O3. The summed E-state index contributed by atoms with van der Waals surface area (Å²) in [6.45, 7) is 6.06. The largest absolute Gasteiger partial charge is 0.478 e. The molecule has 0 bridgehead atoms. The first-order valence-electron chi connectivity index (χ1n) is 6.19. The van der Waals surface area contributed by atoms with E-state index in [1.54, 1.807) is 17.9 Å². The summed E-state index contributed by atoms with van der Waals surface area (Å²) < 4.78 is 6.87. The Morgan fingerprint density at radius 3 is 2.79 bits per heavy atom. The van der Waals surface area contributed by atoms with Crippen molar-refractivity contribution < 1.29 is 14.6 Å². The van der Waals surface area contributed by atoms with Gasteiger partial charge in [-0.15, -0.1) is 0 Å². The second kappa shape index (κ2) is 6.94. The molecule has 0 aliphatic rings. The molecule has 0 saturated heterocycles. The third-order valence-electron chi connectivity index (χ3n) is 2.88. The summed E-state index contributed by atoms with van der Waals surface area (Å²) in [5.41, 5.74) is 1.65. The Bertz CT molecular complexity index is 466. The minimum atomic E-state index is -0.964. The van der Waals surface area contributed by atoms with E-state index in [4.69, 9.17) is 9.84 Å². The van der Waals surface area contributed by atoms with Crippen LogP contribution in [0.4, 0.5) is 5.82 Å². The molecule has 0 aliphatic carbocycles. The summed E-state index contributed by atoms with van der Waals surface area (Å²) >= 11 is 0. The first-order chi connectivity index (χ1) is 9.01. The lowest BCUT2D eigenvalue weighted by Gasteiger charge is -2.23. The van der Waals surface area contributed by atoms with Gasteiger partial charge in [-0.1, -0.05) is 0 Å². The van der Waals surface area contributed by atoms with E-state index in [2.05, 4.69) is 10.00 Å². The van der Waals surface area contributed by atoms with E-state index in [0.717, 1.165) is 36.2 Å². The van der Waals surface area contributed by atoms with Gasteiger partial charge < -0.3 is 14.7 Å². The van der Waals surface area contributed by atoms with Crippen molar-refractivity contribution in [2.24, 2.45) is 7.05 Å². The summed E-state index contributed by atoms with van der Waals surface area (Å²) in [6, 6.07) is 0. The molecule has 1 N–H and O–H groups in total. The highest BCUT2D eigenvalue weighted by Crippen LogP contribution is 2.24. The Balaban J connectivity index is 3.13. The Morgan fingerprint density at radius 2 is 2.26 bits per heavy atom. The molecule has 0 saturated carbocycles. The third kappa shape index (κ3) is 3.82. The van der Waals surface area contributed by atoms with Crippen LogP contribution in [0.15, 0.2) is 6.08 Å². The van der Waals surface area contributed by atoms with Crippen molar-refractivity contribution in [3.63, 3.8) is 0 Å². The number of nitrogens with zero attached hydrogens (tertiary/aromatic N) is 3. The van der Waals surface area contributed by atoms with Crippen molar-refractivity contribution in [1.29, 1.82) is 0 Å². The molecule has 1 aromatic rings. The number of likely N-dealkylation sites (N-methyl/N-ethyl adjacent to an activating group) is 1. The Labute approximate surface area is 113 Å². The van der Waals surface area contributed by atoms with Gasteiger partial charge in [-0.3, -0.25) is 4.68 Å². The number of aliphatic carboxylic acids is 1. The van der Waals surface area contributed by atoms with Crippen LogP contribution in [-0.2, 0) is 16.6 Å². The standard InChI is InChI=1S/C13H21N3O3/c1-5-16(8-9-19-4)13-11(6-7-12(17)18)10(2)14-15(13)3/h6-7H,5,8-9H2,1-4H3,(H,17,18). The molecule has 0 spiro atoms. The van der Waals surface area contributed by atoms with Crippen molar-refractivity contribution in [3.8, 4) is 0 Å². The fourth-order valence-electron chi connectivity index (χ4n) is 2.00. The maximum atomic E-state index is 10.7. The van der Waals surface area contributed by atoms with Crippen molar-refractivity contribution in [1.82, 2.24) is 9.78 Å². The van der Waals surface area contributed by atoms with Gasteiger partial charge in [0.05, 0.1) is 12.3 Å². The van der Waals surface area contributed by atoms with Crippen LogP contribution in [0, 0.1) is 6.92 Å². The second-order valence-corrected chi connectivity index (χ2v) is 4.19. The number of anilines is 1. The van der Waals surface area contributed by atoms with Crippen LogP contribution in [0.1, 0.15) is 18.2 Å². The van der Waals surface area contributed by atoms with Gasteiger partial charge in [-0.25, -0.2) is 4.79 Å². The Hall–Kier alpha value is -1.82. The second-order valence-electron chi connectivity index (χ2n) is 4.19. The third-order valence-corrected chi connectivity index (χ3v) is 2.88. The molecule has 0 aliphatic heterocycles. The molecule has 0 radical (unpaired) electrons. The van der Waals surface area contributed by atoms with Gasteiger partial charge in [0.15, 0.2) is 0 Å². The molecule has 19 heavy (non-hydrogen) atoms. The lowest BCUT2D eigenvalue weighted by molar-refractivity contribution is -0.131. The maximum Gasteiger partial charge on any atom is 0.328 e. The summed E-state index contributed by atoms with van der Waals surface area (Å²) in [5, 5.41) is 13.1. The smallest absolute Gasteiger partial charge is 0.328 e. The molecule has 1 aromatic heterocycles. The highest BCUT2D eigenvalue weighted by Gasteiger charge is 2.16. The quantitative estimate of drug-likeness (QED) is 0.754. The first kappa shape index (κ1) is 15.2. The van der Waals surface area contributed by atoms with Crippen LogP contribution in [0.5, 0.6) is 0 Å². The number of hydrogen-bond donors (Lipinski definition) is 1. The van der Waals surface area contributed by atoms with E-state index >= 15 is 0 Å². The summed E-state index contributed by atoms with van der Waals surface area (Å²) in [6.07, 6.45) is 2.73. The fraction of sp³-hybridized carbons (Fsp3) is 0.538. The molecule has 6 nitrogen and oxygen atoms in total. The van der Waals surface area contributed by atoms with Crippen molar-refractivity contribution in [3.05, 3.63) is 17.3 Å². The fourth-order valence-corrected chi connectivity index (χ4v) is 2.00. The minimum absolute atomic E-state index is 0.611. The number of hydrogen-bond acceptors (Lipinski definition) is 4. The van der Waals surface area contributed by atoms with E-state index in [9.17, 15) is 4.79 Å². The van der Waals surface area contributed by atoms with Gasteiger partial charge in [0, 0.05) is 38.9 Å². The molecule has 0 amide bonds. The predicted molar refractivity (Wildman–Crippen MR) is 74.4 cm³/mol. The predicted octanol–water partition coefficient (Wildman–Crippen LogP) is 1.30. The molecule has 6 heteroatoms. The number of carbonyl (C=O) groups is 1. The number of aromatic nitrogens is 2. The van der Waals surface area contributed by atoms with Gasteiger partial charge in [-0.05, 0) is 19.9 Å². The molecule has 0 atom stereocenters. The van der Waals surface area contributed by atoms with Crippen molar-refractivity contribution in [2.75, 3.05) is 31.7 Å². The van der Waals surface area contributed by atoms with E-state index in [0.29, 0.717) is 6.61 Å². The average molecular weight is 267 g/mol. The number of ether oxygens (including phenoxy) is 1. The Kier molecular flexibility index (Phi) is 5.57. The maximum absolute atomic E-state index is 10.7. The zero-order valence-electron chi connectivity index (χ0n) is 11.9. The molecule has 0 aromatic carbocycles. The zero-order valence-corrected chi connectivity index (χ0v) is 11.9. The van der Waals surface area contributed by atoms with Crippen molar-refractivity contribution >= 4 is 17.9 Å². The number of rotatable bonds is 7. The Morgan fingerprint density at radius 1 is 1.58 bits per heavy atom. The van der Waals surface area contributed by atoms with Crippen LogP contribution in [0.2, 0.25) is 0 Å². The highest BCUT2D eigenvalue weighted by atomic mass is 16.5. The highest BCUT2D eigenvalue weighted by molar-refractivity contribution is 5.87. The van der Waals surface area contributed by atoms with E-state index in [1.165, 1.54) is 0 Å². The lowest BCUT2D eigenvalue weighted by Crippen LogP contribution is -2.29. The lowest BCUT2D eigenvalue weighted by atomic mass is 10.2. The van der Waals surface area contributed by atoms with Crippen molar-refractivity contribution in [2.45, 2.75) is 13.8 Å². The van der Waals surface area contributed by atoms with Gasteiger partial charge in [-0.2, -0.15) is 5.10 Å². The molecule has 0 fully saturated rings. The zero-order chi connectivity index (χ0) is 14.4. The summed E-state index contributed by atoms with van der Waals surface area (Å²) in [7, 11) is 3.52. The summed E-state index contributed by atoms with van der Waals surface area (Å²) in [5.74, 6) is -0.0521.